The van der Waals surface area contributed by atoms with Gasteiger partial charge in [0.2, 0.25) is 0 Å². The minimum absolute atomic E-state index is 0.0261. The SMILES string of the molecule is CN(c1ccccc1C(C)(C)C)c1cccc2c1oc1c(C(C)(C)C)cccc12. The summed E-state index contributed by atoms with van der Waals surface area (Å²) in [6, 6.07) is 21.6. The molecule has 1 aromatic heterocycles. The lowest BCUT2D eigenvalue weighted by Gasteiger charge is -2.29. The molecule has 0 spiro atoms. The van der Waals surface area contributed by atoms with Gasteiger partial charge in [0, 0.05) is 29.1 Å². The van der Waals surface area contributed by atoms with Crippen LogP contribution in [0.4, 0.5) is 11.4 Å². The van der Waals surface area contributed by atoms with E-state index in [1.165, 1.54) is 27.6 Å². The van der Waals surface area contributed by atoms with E-state index in [1.54, 1.807) is 0 Å². The molecule has 4 rings (SSSR count). The van der Waals surface area contributed by atoms with Gasteiger partial charge in [-0.15, -0.1) is 0 Å². The maximum absolute atomic E-state index is 6.57. The molecule has 4 aromatic rings. The Morgan fingerprint density at radius 2 is 1.10 bits per heavy atom. The molecule has 0 aliphatic rings. The smallest absolute Gasteiger partial charge is 0.159 e. The molecule has 2 heteroatoms. The van der Waals surface area contributed by atoms with Gasteiger partial charge >= 0.3 is 0 Å². The average Bonchev–Trinajstić information content (AvgIpc) is 3.04. The Bertz CT molecular complexity index is 1180. The highest BCUT2D eigenvalue weighted by Crippen LogP contribution is 2.42. The highest BCUT2D eigenvalue weighted by molar-refractivity contribution is 6.10. The molecule has 0 aliphatic heterocycles. The quantitative estimate of drug-likeness (QED) is 0.348. The second-order valence-electron chi connectivity index (χ2n) is 10.0. The molecule has 0 unspecified atom stereocenters. The van der Waals surface area contributed by atoms with Crippen molar-refractivity contribution < 1.29 is 4.42 Å². The zero-order chi connectivity index (χ0) is 21.0. The van der Waals surface area contributed by atoms with Crippen molar-refractivity contribution in [1.82, 2.24) is 0 Å². The van der Waals surface area contributed by atoms with Crippen LogP contribution >= 0.6 is 0 Å². The molecule has 0 fully saturated rings. The zero-order valence-electron chi connectivity index (χ0n) is 18.6. The molecule has 0 aliphatic carbocycles. The second-order valence-corrected chi connectivity index (χ2v) is 10.0. The van der Waals surface area contributed by atoms with Crippen LogP contribution in [0.1, 0.15) is 52.7 Å². The molecule has 2 nitrogen and oxygen atoms in total. The lowest BCUT2D eigenvalue weighted by atomic mass is 9.85. The van der Waals surface area contributed by atoms with Crippen molar-refractivity contribution in [2.24, 2.45) is 0 Å². The Kier molecular flexibility index (Phi) is 4.49. The third kappa shape index (κ3) is 3.31. The average molecular weight is 386 g/mol. The molecule has 3 aromatic carbocycles. The summed E-state index contributed by atoms with van der Waals surface area (Å²) >= 11 is 0. The van der Waals surface area contributed by atoms with Gasteiger partial charge in [0.15, 0.2) is 5.58 Å². The zero-order valence-corrected chi connectivity index (χ0v) is 18.6. The lowest BCUT2D eigenvalue weighted by molar-refractivity contribution is 0.572. The number of rotatable bonds is 2. The summed E-state index contributed by atoms with van der Waals surface area (Å²) in [5.74, 6) is 0. The van der Waals surface area contributed by atoms with Gasteiger partial charge in [-0.2, -0.15) is 0 Å². The van der Waals surface area contributed by atoms with Crippen molar-refractivity contribution in [3.8, 4) is 0 Å². The van der Waals surface area contributed by atoms with Crippen LogP contribution in [0.15, 0.2) is 65.1 Å². The minimum Gasteiger partial charge on any atom is -0.454 e. The van der Waals surface area contributed by atoms with E-state index < -0.39 is 0 Å². The number of anilines is 2. The fraction of sp³-hybridized carbons (Fsp3) is 0.333. The second kappa shape index (κ2) is 6.66. The Labute approximate surface area is 174 Å². The highest BCUT2D eigenvalue weighted by Gasteiger charge is 2.24. The molecule has 1 heterocycles. The molecule has 0 atom stereocenters. The van der Waals surface area contributed by atoms with Gasteiger partial charge in [-0.1, -0.05) is 90.1 Å². The van der Waals surface area contributed by atoms with Crippen molar-refractivity contribution in [3.05, 3.63) is 71.8 Å². The van der Waals surface area contributed by atoms with Gasteiger partial charge in [0.1, 0.15) is 5.58 Å². The topological polar surface area (TPSA) is 16.4 Å². The summed E-state index contributed by atoms with van der Waals surface area (Å²) in [5, 5.41) is 2.36. The molecule has 0 saturated heterocycles. The van der Waals surface area contributed by atoms with Crippen LogP contribution in [0.2, 0.25) is 0 Å². The monoisotopic (exact) mass is 385 g/mol. The molecule has 0 radical (unpaired) electrons. The van der Waals surface area contributed by atoms with E-state index in [2.05, 4.69) is 114 Å². The van der Waals surface area contributed by atoms with Crippen molar-refractivity contribution in [1.29, 1.82) is 0 Å². The van der Waals surface area contributed by atoms with Gasteiger partial charge in [-0.25, -0.2) is 0 Å². The molecular weight excluding hydrogens is 354 g/mol. The number of hydrogen-bond donors (Lipinski definition) is 0. The first-order valence-electron chi connectivity index (χ1n) is 10.4. The van der Waals surface area contributed by atoms with Gasteiger partial charge in [-0.05, 0) is 28.5 Å². The Balaban J connectivity index is 1.97. The lowest BCUT2D eigenvalue weighted by Crippen LogP contribution is -2.19. The first-order valence-corrected chi connectivity index (χ1v) is 10.4. The standard InChI is InChI=1S/C27H31NO/c1-26(2,3)20-14-8-9-16-22(20)28(7)23-17-11-13-19-18-12-10-15-21(27(4,5)6)24(18)29-25(19)23/h8-17H,1-7H3. The molecule has 29 heavy (non-hydrogen) atoms. The molecular formula is C27H31NO. The van der Waals surface area contributed by atoms with Gasteiger partial charge in [-0.3, -0.25) is 0 Å². The minimum atomic E-state index is 0.0261. The Morgan fingerprint density at radius 1 is 0.586 bits per heavy atom. The van der Waals surface area contributed by atoms with Crippen LogP contribution in [0.5, 0.6) is 0 Å². The molecule has 0 saturated carbocycles. The number of nitrogens with zero attached hydrogens (tertiary/aromatic N) is 1. The first-order chi connectivity index (χ1) is 13.6. The van der Waals surface area contributed by atoms with E-state index in [9.17, 15) is 0 Å². The third-order valence-electron chi connectivity index (χ3n) is 5.75. The van der Waals surface area contributed by atoms with Crippen LogP contribution in [0, 0.1) is 0 Å². The van der Waals surface area contributed by atoms with Crippen molar-refractivity contribution in [2.45, 2.75) is 52.4 Å². The predicted molar refractivity (Wildman–Crippen MR) is 126 cm³/mol. The van der Waals surface area contributed by atoms with Crippen molar-refractivity contribution >= 4 is 33.3 Å². The van der Waals surface area contributed by atoms with E-state index in [-0.39, 0.29) is 10.8 Å². The third-order valence-corrected chi connectivity index (χ3v) is 5.75. The van der Waals surface area contributed by atoms with Crippen LogP contribution in [0.25, 0.3) is 21.9 Å². The summed E-state index contributed by atoms with van der Waals surface area (Å²) in [5.41, 5.74) is 6.91. The van der Waals surface area contributed by atoms with E-state index in [4.69, 9.17) is 4.42 Å². The van der Waals surface area contributed by atoms with E-state index in [1.807, 2.05) is 0 Å². The summed E-state index contributed by atoms with van der Waals surface area (Å²) in [7, 11) is 2.14. The van der Waals surface area contributed by atoms with E-state index in [0.29, 0.717) is 0 Å². The van der Waals surface area contributed by atoms with Crippen LogP contribution in [-0.2, 0) is 10.8 Å². The summed E-state index contributed by atoms with van der Waals surface area (Å²) in [6.07, 6.45) is 0. The van der Waals surface area contributed by atoms with Crippen LogP contribution in [0.3, 0.4) is 0 Å². The maximum atomic E-state index is 6.57. The molecule has 0 N–H and O–H groups in total. The van der Waals surface area contributed by atoms with Crippen LogP contribution < -0.4 is 4.90 Å². The normalized spacial score (nSPS) is 12.7. The van der Waals surface area contributed by atoms with E-state index >= 15 is 0 Å². The number of furan rings is 1. The Hall–Kier alpha value is -2.74. The number of hydrogen-bond acceptors (Lipinski definition) is 2. The fourth-order valence-electron chi connectivity index (χ4n) is 4.19. The molecule has 0 bridgehead atoms. The number of fused-ring (bicyclic) bond motifs is 3. The first kappa shape index (κ1) is 19.6. The van der Waals surface area contributed by atoms with Crippen molar-refractivity contribution in [3.63, 3.8) is 0 Å². The largest absolute Gasteiger partial charge is 0.454 e. The van der Waals surface area contributed by atoms with Gasteiger partial charge in [0.25, 0.3) is 0 Å². The number of benzene rings is 3. The Morgan fingerprint density at radius 3 is 1.76 bits per heavy atom. The van der Waals surface area contributed by atoms with Crippen LogP contribution in [-0.4, -0.2) is 7.05 Å². The summed E-state index contributed by atoms with van der Waals surface area (Å²) in [6.45, 7) is 13.5. The highest BCUT2D eigenvalue weighted by atomic mass is 16.3. The number of para-hydroxylation sites is 3. The summed E-state index contributed by atoms with van der Waals surface area (Å²) in [4.78, 5) is 2.27. The molecule has 150 valence electrons. The van der Waals surface area contributed by atoms with Gasteiger partial charge in [0.05, 0.1) is 5.69 Å². The summed E-state index contributed by atoms with van der Waals surface area (Å²) < 4.78 is 6.57. The van der Waals surface area contributed by atoms with E-state index in [0.717, 1.165) is 16.9 Å². The van der Waals surface area contributed by atoms with Crippen molar-refractivity contribution in [2.75, 3.05) is 11.9 Å². The van der Waals surface area contributed by atoms with Gasteiger partial charge < -0.3 is 9.32 Å². The maximum Gasteiger partial charge on any atom is 0.159 e. The molecule has 0 amide bonds. The predicted octanol–water partition coefficient (Wildman–Crippen LogP) is 7.95. The fourth-order valence-corrected chi connectivity index (χ4v) is 4.19.